The molecular weight excluding hydrogens is 632 g/mol. The van der Waals surface area contributed by atoms with Gasteiger partial charge >= 0.3 is 6.01 Å². The number of aryl methyl sites for hydroxylation is 1. The highest BCUT2D eigenvalue weighted by atomic mass is 19.1. The summed E-state index contributed by atoms with van der Waals surface area (Å²) in [6.45, 7) is 5.37. The smallest absolute Gasteiger partial charge is 0.319 e. The summed E-state index contributed by atoms with van der Waals surface area (Å²) in [5.41, 5.74) is 0.573. The molecule has 260 valence electrons. The van der Waals surface area contributed by atoms with E-state index in [0.717, 1.165) is 64.6 Å². The van der Waals surface area contributed by atoms with Crippen molar-refractivity contribution in [3.63, 3.8) is 0 Å². The molecule has 4 aliphatic heterocycles. The third-order valence-electron chi connectivity index (χ3n) is 11.3. The number of piperidine rings is 1. The maximum atomic E-state index is 17.2. The quantitative estimate of drug-likeness (QED) is 0.208. The van der Waals surface area contributed by atoms with Crippen LogP contribution in [0.1, 0.15) is 57.4 Å². The topological polar surface area (TPSA) is 102 Å². The lowest BCUT2D eigenvalue weighted by Gasteiger charge is -2.48. The zero-order valence-electron chi connectivity index (χ0n) is 28.1. The first-order chi connectivity index (χ1) is 23.9. The third kappa shape index (κ3) is 5.57. The highest BCUT2D eigenvalue weighted by molar-refractivity contribution is 6.01. The van der Waals surface area contributed by atoms with Gasteiger partial charge in [-0.05, 0) is 86.0 Å². The Bertz CT molecular complexity index is 1890. The number of aliphatic hydroxyl groups excluding tert-OH is 1. The van der Waals surface area contributed by atoms with E-state index in [1.807, 2.05) is 6.92 Å². The van der Waals surface area contributed by atoms with Crippen molar-refractivity contribution in [3.8, 4) is 23.0 Å². The van der Waals surface area contributed by atoms with E-state index in [9.17, 15) is 5.11 Å². The van der Waals surface area contributed by atoms with E-state index in [-0.39, 0.29) is 53.6 Å². The van der Waals surface area contributed by atoms with Gasteiger partial charge in [0, 0.05) is 44.4 Å². The molecule has 2 aromatic heterocycles. The molecule has 0 saturated carbocycles. The van der Waals surface area contributed by atoms with Crippen LogP contribution in [-0.4, -0.2) is 95.5 Å². The molecule has 1 spiro atoms. The Morgan fingerprint density at radius 3 is 2.69 bits per heavy atom. The first kappa shape index (κ1) is 32.5. The number of halogens is 2. The molecule has 10 nitrogen and oxygen atoms in total. The first-order valence-electron chi connectivity index (χ1n) is 17.5. The van der Waals surface area contributed by atoms with Crippen LogP contribution in [0.3, 0.4) is 0 Å². The number of methoxy groups -OCH3 is 1. The van der Waals surface area contributed by atoms with Gasteiger partial charge < -0.3 is 29.0 Å². The Hall–Kier alpha value is -3.71. The van der Waals surface area contributed by atoms with Crippen LogP contribution in [0.25, 0.3) is 32.9 Å². The van der Waals surface area contributed by atoms with E-state index in [4.69, 9.17) is 28.9 Å². The first-order valence-corrected chi connectivity index (χ1v) is 17.5. The molecule has 0 unspecified atom stereocenters. The number of aliphatic hydroxyl groups is 1. The fraction of sp³-hybridized carbons (Fsp3) is 0.541. The Morgan fingerprint density at radius 1 is 1.06 bits per heavy atom. The lowest BCUT2D eigenvalue weighted by Crippen LogP contribution is -2.56. The average molecular weight is 676 g/mol. The van der Waals surface area contributed by atoms with Gasteiger partial charge in [0.25, 0.3) is 0 Å². The van der Waals surface area contributed by atoms with E-state index in [2.05, 4.69) is 14.8 Å². The van der Waals surface area contributed by atoms with Crippen molar-refractivity contribution >= 4 is 27.5 Å². The minimum absolute atomic E-state index is 0.00327. The highest BCUT2D eigenvalue weighted by Gasteiger charge is 2.49. The molecule has 8 rings (SSSR count). The van der Waals surface area contributed by atoms with Crippen LogP contribution in [0.5, 0.6) is 11.8 Å². The number of nitrogens with zero attached hydrogens (tertiary/aromatic N) is 5. The monoisotopic (exact) mass is 675 g/mol. The fourth-order valence-corrected chi connectivity index (χ4v) is 8.74. The fourth-order valence-electron chi connectivity index (χ4n) is 8.74. The molecule has 12 heteroatoms. The molecule has 49 heavy (non-hydrogen) atoms. The minimum atomic E-state index is -0.643. The van der Waals surface area contributed by atoms with Gasteiger partial charge in [-0.1, -0.05) is 13.0 Å². The summed E-state index contributed by atoms with van der Waals surface area (Å²) in [5.74, 6) is 0.00597. The van der Waals surface area contributed by atoms with E-state index >= 15 is 8.78 Å². The summed E-state index contributed by atoms with van der Waals surface area (Å²) < 4.78 is 55.8. The van der Waals surface area contributed by atoms with Crippen molar-refractivity contribution in [2.24, 2.45) is 0 Å². The second-order valence-corrected chi connectivity index (χ2v) is 14.0. The number of hydrogen-bond acceptors (Lipinski definition) is 10. The van der Waals surface area contributed by atoms with Crippen LogP contribution < -0.4 is 14.4 Å². The van der Waals surface area contributed by atoms with Crippen LogP contribution in [-0.2, 0) is 15.9 Å². The summed E-state index contributed by atoms with van der Waals surface area (Å²) in [6.07, 6.45) is 8.71. The molecular formula is C37H43F2N5O5. The molecule has 0 amide bonds. The van der Waals surface area contributed by atoms with Crippen LogP contribution in [0, 0.1) is 11.6 Å². The van der Waals surface area contributed by atoms with Crippen molar-refractivity contribution < 1.29 is 32.8 Å². The van der Waals surface area contributed by atoms with E-state index in [1.54, 1.807) is 24.4 Å². The predicted molar refractivity (Wildman–Crippen MR) is 181 cm³/mol. The zero-order chi connectivity index (χ0) is 33.8. The van der Waals surface area contributed by atoms with E-state index < -0.39 is 5.82 Å². The number of pyridine rings is 1. The SMILES string of the molecule is CCc1c(F)ccc2cc(OCOC)cc(-c3ncc4c(N5CCC[C@]6(CCO6)C5)nc(OC[C@@]56CCCN5[C@H](CO)CC6)nc4c3F)c12. The number of aromatic nitrogens is 3. The predicted octanol–water partition coefficient (Wildman–Crippen LogP) is 5.80. The summed E-state index contributed by atoms with van der Waals surface area (Å²) in [5, 5.41) is 11.7. The zero-order valence-corrected chi connectivity index (χ0v) is 28.1. The second-order valence-electron chi connectivity index (χ2n) is 14.0. The van der Waals surface area contributed by atoms with Crippen molar-refractivity contribution in [1.29, 1.82) is 0 Å². The van der Waals surface area contributed by atoms with Crippen molar-refractivity contribution in [1.82, 2.24) is 19.9 Å². The van der Waals surface area contributed by atoms with Gasteiger partial charge in [0.15, 0.2) is 12.6 Å². The molecule has 0 aliphatic carbocycles. The standard InChI is InChI=1S/C37H43F2N5O5/c1-3-26-29(38)7-6-23-16-25(48-22-46-2)17-27(30(23)26)32-31(39)33-28(18-40-32)34(43-13-5-10-37(20-43)12-15-49-37)42-35(41-33)47-21-36-9-4-14-44(36)24(19-45)8-11-36/h6-7,16-18,24,45H,3-5,8-15,19-22H2,1-2H3/t24-,36-,37-/m0/s1. The number of fused-ring (bicyclic) bond motifs is 3. The molecule has 3 atom stereocenters. The van der Waals surface area contributed by atoms with Crippen LogP contribution in [0.15, 0.2) is 30.5 Å². The molecule has 6 heterocycles. The maximum Gasteiger partial charge on any atom is 0.319 e. The van der Waals surface area contributed by atoms with Crippen molar-refractivity contribution in [2.75, 3.05) is 58.3 Å². The molecule has 4 saturated heterocycles. The van der Waals surface area contributed by atoms with Gasteiger partial charge in [0.05, 0.1) is 29.7 Å². The maximum absolute atomic E-state index is 17.2. The van der Waals surface area contributed by atoms with Gasteiger partial charge in [-0.3, -0.25) is 9.88 Å². The summed E-state index contributed by atoms with van der Waals surface area (Å²) in [7, 11) is 1.52. The summed E-state index contributed by atoms with van der Waals surface area (Å²) in [6, 6.07) is 6.80. The Balaban J connectivity index is 1.26. The van der Waals surface area contributed by atoms with Crippen LogP contribution in [0.2, 0.25) is 0 Å². The van der Waals surface area contributed by atoms with Gasteiger partial charge in [-0.15, -0.1) is 0 Å². The van der Waals surface area contributed by atoms with Crippen molar-refractivity contribution in [3.05, 3.63) is 47.7 Å². The third-order valence-corrected chi connectivity index (χ3v) is 11.3. The Morgan fingerprint density at radius 2 is 1.92 bits per heavy atom. The number of rotatable bonds is 10. The van der Waals surface area contributed by atoms with E-state index in [1.165, 1.54) is 13.2 Å². The average Bonchev–Trinajstić information content (AvgIpc) is 3.68. The molecule has 1 N–H and O–H groups in total. The van der Waals surface area contributed by atoms with Gasteiger partial charge in [0.1, 0.15) is 35.2 Å². The van der Waals surface area contributed by atoms with Gasteiger partial charge in [0.2, 0.25) is 0 Å². The number of anilines is 1. The van der Waals surface area contributed by atoms with Gasteiger partial charge in [-0.2, -0.15) is 9.97 Å². The number of benzene rings is 2. The Labute approximate surface area is 284 Å². The largest absolute Gasteiger partial charge is 0.468 e. The minimum Gasteiger partial charge on any atom is -0.468 e. The van der Waals surface area contributed by atoms with Crippen molar-refractivity contribution in [2.45, 2.75) is 75.5 Å². The van der Waals surface area contributed by atoms with E-state index in [0.29, 0.717) is 58.4 Å². The lowest BCUT2D eigenvalue weighted by atomic mass is 9.86. The summed E-state index contributed by atoms with van der Waals surface area (Å²) >= 11 is 0. The lowest BCUT2D eigenvalue weighted by molar-refractivity contribution is -0.151. The molecule has 0 radical (unpaired) electrons. The number of ether oxygens (including phenoxy) is 4. The Kier molecular flexibility index (Phi) is 8.54. The normalized spacial score (nSPS) is 25.3. The highest BCUT2D eigenvalue weighted by Crippen LogP contribution is 2.44. The number of hydrogen-bond donors (Lipinski definition) is 1. The summed E-state index contributed by atoms with van der Waals surface area (Å²) in [4.78, 5) is 18.8. The second kappa shape index (κ2) is 12.9. The van der Waals surface area contributed by atoms with Gasteiger partial charge in [-0.25, -0.2) is 8.78 Å². The molecule has 4 fully saturated rings. The van der Waals surface area contributed by atoms with Crippen LogP contribution >= 0.6 is 0 Å². The molecule has 4 aromatic rings. The molecule has 0 bridgehead atoms. The molecule has 4 aliphatic rings. The van der Waals surface area contributed by atoms with Crippen LogP contribution in [0.4, 0.5) is 14.6 Å². The molecule has 2 aromatic carbocycles.